The third kappa shape index (κ3) is 6.28. The minimum absolute atomic E-state index is 0.294. The fraction of sp³-hybridized carbons (Fsp3) is 1.00. The van der Waals surface area contributed by atoms with Gasteiger partial charge >= 0.3 is 0 Å². The zero-order chi connectivity index (χ0) is 8.69. The molecule has 0 rings (SSSR count). The highest BCUT2D eigenvalue weighted by Crippen LogP contribution is 1.91. The van der Waals surface area contributed by atoms with E-state index in [-0.39, 0.29) is 0 Å². The van der Waals surface area contributed by atoms with Gasteiger partial charge in [0, 0.05) is 7.11 Å². The maximum absolute atomic E-state index is 5.40. The summed E-state index contributed by atoms with van der Waals surface area (Å²) in [6.45, 7) is 5.46. The molecule has 0 spiro atoms. The van der Waals surface area contributed by atoms with Crippen LogP contribution in [0.1, 0.15) is 13.8 Å². The minimum Gasteiger partial charge on any atom is -0.383 e. The fourth-order valence-electron chi connectivity index (χ4n) is 0.725. The first-order valence-electron chi connectivity index (χ1n) is 3.98. The lowest BCUT2D eigenvalue weighted by atomic mass is 10.3. The lowest BCUT2D eigenvalue weighted by Gasteiger charge is -2.16. The standard InChI is InChI=1S/C8H19NO2/c1-7(2)11-6-8(9-3)5-10-4/h7-9H,5-6H2,1-4H3. The van der Waals surface area contributed by atoms with E-state index in [1.165, 1.54) is 0 Å². The van der Waals surface area contributed by atoms with Crippen LogP contribution in [-0.4, -0.2) is 39.5 Å². The molecule has 3 nitrogen and oxygen atoms in total. The van der Waals surface area contributed by atoms with Crippen molar-refractivity contribution >= 4 is 0 Å². The first-order chi connectivity index (χ1) is 5.20. The SMILES string of the molecule is CNC(COC)COC(C)C. The average molecular weight is 161 g/mol. The predicted octanol–water partition coefficient (Wildman–Crippen LogP) is 0.646. The number of nitrogens with one attached hydrogen (secondary N) is 1. The van der Waals surface area contributed by atoms with Gasteiger partial charge in [-0.15, -0.1) is 0 Å². The molecule has 0 bridgehead atoms. The minimum atomic E-state index is 0.294. The molecule has 0 aromatic carbocycles. The van der Waals surface area contributed by atoms with Gasteiger partial charge in [0.1, 0.15) is 0 Å². The van der Waals surface area contributed by atoms with E-state index in [9.17, 15) is 0 Å². The molecule has 0 amide bonds. The van der Waals surface area contributed by atoms with Gasteiger partial charge in [-0.25, -0.2) is 0 Å². The molecule has 3 heteroatoms. The highest BCUT2D eigenvalue weighted by molar-refractivity contribution is 4.61. The Morgan fingerprint density at radius 2 is 1.91 bits per heavy atom. The number of ether oxygens (including phenoxy) is 2. The summed E-state index contributed by atoms with van der Waals surface area (Å²) in [5.41, 5.74) is 0. The van der Waals surface area contributed by atoms with Gasteiger partial charge in [0.15, 0.2) is 0 Å². The molecule has 0 radical (unpaired) electrons. The van der Waals surface area contributed by atoms with Crippen molar-refractivity contribution in [2.24, 2.45) is 0 Å². The smallest absolute Gasteiger partial charge is 0.0645 e. The summed E-state index contributed by atoms with van der Waals surface area (Å²) in [5, 5.41) is 3.11. The van der Waals surface area contributed by atoms with Crippen molar-refractivity contribution in [3.63, 3.8) is 0 Å². The second-order valence-electron chi connectivity index (χ2n) is 2.82. The zero-order valence-corrected chi connectivity index (χ0v) is 7.89. The van der Waals surface area contributed by atoms with Gasteiger partial charge in [0.25, 0.3) is 0 Å². The molecule has 1 unspecified atom stereocenters. The van der Waals surface area contributed by atoms with Crippen LogP contribution < -0.4 is 5.32 Å². The number of hydrogen-bond acceptors (Lipinski definition) is 3. The van der Waals surface area contributed by atoms with Crippen molar-refractivity contribution in [1.29, 1.82) is 0 Å². The molecule has 0 aliphatic carbocycles. The molecule has 1 atom stereocenters. The van der Waals surface area contributed by atoms with Gasteiger partial charge in [-0.3, -0.25) is 0 Å². The van der Waals surface area contributed by atoms with E-state index >= 15 is 0 Å². The van der Waals surface area contributed by atoms with Gasteiger partial charge in [0.05, 0.1) is 25.4 Å². The van der Waals surface area contributed by atoms with Crippen molar-refractivity contribution in [2.45, 2.75) is 26.0 Å². The average Bonchev–Trinajstić information content (AvgIpc) is 1.97. The van der Waals surface area contributed by atoms with Crippen molar-refractivity contribution in [3.05, 3.63) is 0 Å². The van der Waals surface area contributed by atoms with Gasteiger partial charge in [-0.05, 0) is 20.9 Å². The monoisotopic (exact) mass is 161 g/mol. The van der Waals surface area contributed by atoms with Crippen molar-refractivity contribution in [1.82, 2.24) is 5.32 Å². The van der Waals surface area contributed by atoms with Crippen LogP contribution in [0, 0.1) is 0 Å². The number of likely N-dealkylation sites (N-methyl/N-ethyl adjacent to an activating group) is 1. The highest BCUT2D eigenvalue weighted by Gasteiger charge is 2.05. The molecule has 0 aromatic rings. The Kier molecular flexibility index (Phi) is 6.51. The molecular weight excluding hydrogens is 142 g/mol. The summed E-state index contributed by atoms with van der Waals surface area (Å²) in [4.78, 5) is 0. The normalized spacial score (nSPS) is 13.9. The van der Waals surface area contributed by atoms with Crippen LogP contribution in [0.15, 0.2) is 0 Å². The Hall–Kier alpha value is -0.120. The van der Waals surface area contributed by atoms with E-state index in [2.05, 4.69) is 5.32 Å². The van der Waals surface area contributed by atoms with Crippen LogP contribution in [-0.2, 0) is 9.47 Å². The molecule has 0 aliphatic heterocycles. The predicted molar refractivity (Wildman–Crippen MR) is 45.8 cm³/mol. The van der Waals surface area contributed by atoms with Crippen LogP contribution in [0.3, 0.4) is 0 Å². The summed E-state index contributed by atoms with van der Waals surface area (Å²) in [7, 11) is 3.60. The van der Waals surface area contributed by atoms with Crippen LogP contribution in [0.5, 0.6) is 0 Å². The lowest BCUT2D eigenvalue weighted by molar-refractivity contribution is 0.0412. The summed E-state index contributed by atoms with van der Waals surface area (Å²) in [6.07, 6.45) is 0.294. The van der Waals surface area contributed by atoms with Crippen LogP contribution in [0.25, 0.3) is 0 Å². The highest BCUT2D eigenvalue weighted by atomic mass is 16.5. The Morgan fingerprint density at radius 3 is 2.27 bits per heavy atom. The van der Waals surface area contributed by atoms with E-state index in [0.717, 1.165) is 0 Å². The molecule has 68 valence electrons. The first kappa shape index (κ1) is 10.9. The van der Waals surface area contributed by atoms with Crippen LogP contribution in [0.2, 0.25) is 0 Å². The van der Waals surface area contributed by atoms with E-state index in [4.69, 9.17) is 9.47 Å². The maximum Gasteiger partial charge on any atom is 0.0645 e. The summed E-state index contributed by atoms with van der Waals surface area (Å²) >= 11 is 0. The lowest BCUT2D eigenvalue weighted by Crippen LogP contribution is -2.35. The van der Waals surface area contributed by atoms with Gasteiger partial charge < -0.3 is 14.8 Å². The van der Waals surface area contributed by atoms with E-state index in [1.807, 2.05) is 20.9 Å². The second-order valence-corrected chi connectivity index (χ2v) is 2.82. The van der Waals surface area contributed by atoms with Crippen molar-refractivity contribution in [3.8, 4) is 0 Å². The maximum atomic E-state index is 5.40. The molecule has 0 fully saturated rings. The van der Waals surface area contributed by atoms with E-state index in [1.54, 1.807) is 7.11 Å². The molecule has 0 aliphatic rings. The van der Waals surface area contributed by atoms with E-state index in [0.29, 0.717) is 25.4 Å². The molecule has 11 heavy (non-hydrogen) atoms. The summed E-state index contributed by atoms with van der Waals surface area (Å²) < 4.78 is 10.4. The number of rotatable bonds is 6. The molecule has 0 saturated heterocycles. The molecule has 0 saturated carbocycles. The number of methoxy groups -OCH3 is 1. The molecule has 0 heterocycles. The molecule has 0 aromatic heterocycles. The van der Waals surface area contributed by atoms with Gasteiger partial charge in [-0.2, -0.15) is 0 Å². The summed E-state index contributed by atoms with van der Waals surface area (Å²) in [5.74, 6) is 0. The molecule has 1 N–H and O–H groups in total. The topological polar surface area (TPSA) is 30.5 Å². The van der Waals surface area contributed by atoms with E-state index < -0.39 is 0 Å². The van der Waals surface area contributed by atoms with Gasteiger partial charge in [-0.1, -0.05) is 0 Å². The van der Waals surface area contributed by atoms with Crippen LogP contribution in [0.4, 0.5) is 0 Å². The van der Waals surface area contributed by atoms with Crippen molar-refractivity contribution < 1.29 is 9.47 Å². The number of hydrogen-bond donors (Lipinski definition) is 1. The fourth-order valence-corrected chi connectivity index (χ4v) is 0.725. The van der Waals surface area contributed by atoms with Crippen LogP contribution >= 0.6 is 0 Å². The Labute approximate surface area is 69.1 Å². The zero-order valence-electron chi connectivity index (χ0n) is 7.89. The summed E-state index contributed by atoms with van der Waals surface area (Å²) in [6, 6.07) is 0.308. The first-order valence-corrected chi connectivity index (χ1v) is 3.98. The second kappa shape index (κ2) is 6.58. The Morgan fingerprint density at radius 1 is 1.27 bits per heavy atom. The Bertz CT molecular complexity index is 86.2. The van der Waals surface area contributed by atoms with Crippen molar-refractivity contribution in [2.75, 3.05) is 27.4 Å². The van der Waals surface area contributed by atoms with Gasteiger partial charge in [0.2, 0.25) is 0 Å². The quantitative estimate of drug-likeness (QED) is 0.620. The molecular formula is C8H19NO2. The largest absolute Gasteiger partial charge is 0.383 e. The Balaban J connectivity index is 3.35. The third-order valence-electron chi connectivity index (χ3n) is 1.41. The third-order valence-corrected chi connectivity index (χ3v) is 1.41.